The Labute approximate surface area is 187 Å². The second-order valence-corrected chi connectivity index (χ2v) is 12.1. The highest BCUT2D eigenvalue weighted by atomic mass is 32.2. The number of nitrogens with zero attached hydrogens (tertiary/aromatic N) is 2. The number of thiophene rings is 1. The smallest absolute Gasteiger partial charge is 0.257 e. The van der Waals surface area contributed by atoms with E-state index < -0.39 is 15.7 Å². The van der Waals surface area contributed by atoms with Crippen LogP contribution in [0.2, 0.25) is 0 Å². The second kappa shape index (κ2) is 9.00. The molecule has 0 unspecified atom stereocenters. The van der Waals surface area contributed by atoms with Gasteiger partial charge in [0, 0.05) is 30.1 Å². The topological polar surface area (TPSA) is 57.7 Å². The molecule has 2 aliphatic rings. The monoisotopic (exact) mass is 464 g/mol. The van der Waals surface area contributed by atoms with Gasteiger partial charge in [-0.25, -0.2) is 12.8 Å². The number of carbonyl (C=O) groups excluding carboxylic acids is 1. The summed E-state index contributed by atoms with van der Waals surface area (Å²) in [5, 5.41) is 0. The Kier molecular flexibility index (Phi) is 6.51. The fourth-order valence-corrected chi connectivity index (χ4v) is 7.03. The van der Waals surface area contributed by atoms with Crippen LogP contribution in [0.1, 0.15) is 49.9 Å². The average Bonchev–Trinajstić information content (AvgIpc) is 3.50. The Morgan fingerprint density at radius 3 is 2.61 bits per heavy atom. The largest absolute Gasteiger partial charge is 0.334 e. The molecule has 8 heteroatoms. The van der Waals surface area contributed by atoms with Gasteiger partial charge in [0.1, 0.15) is 10.0 Å². The molecule has 1 aromatic heterocycles. The summed E-state index contributed by atoms with van der Waals surface area (Å²) in [6.07, 6.45) is 4.30. The highest BCUT2D eigenvalue weighted by Crippen LogP contribution is 2.33. The Bertz CT molecular complexity index is 1070. The van der Waals surface area contributed by atoms with Gasteiger partial charge in [0.2, 0.25) is 0 Å². The van der Waals surface area contributed by atoms with Gasteiger partial charge in [0.05, 0.1) is 11.3 Å². The lowest BCUT2D eigenvalue weighted by molar-refractivity contribution is 0.0692. The molecule has 1 amide bonds. The zero-order chi connectivity index (χ0) is 22.2. The van der Waals surface area contributed by atoms with E-state index >= 15 is 0 Å². The molecule has 1 aromatic carbocycles. The number of sulfone groups is 1. The van der Waals surface area contributed by atoms with Gasteiger partial charge in [-0.15, -0.1) is 11.3 Å². The van der Waals surface area contributed by atoms with E-state index in [2.05, 4.69) is 11.8 Å². The van der Waals surface area contributed by atoms with E-state index in [0.29, 0.717) is 23.0 Å². The normalized spacial score (nSPS) is 22.4. The van der Waals surface area contributed by atoms with Crippen LogP contribution in [0.15, 0.2) is 34.5 Å². The van der Waals surface area contributed by atoms with E-state index in [1.54, 1.807) is 25.1 Å². The van der Waals surface area contributed by atoms with Crippen LogP contribution in [-0.2, 0) is 9.84 Å². The summed E-state index contributed by atoms with van der Waals surface area (Å²) in [7, 11) is -3.29. The highest BCUT2D eigenvalue weighted by molar-refractivity contribution is 7.93. The van der Waals surface area contributed by atoms with Crippen molar-refractivity contribution in [1.82, 2.24) is 9.80 Å². The number of amides is 1. The minimum Gasteiger partial charge on any atom is -0.334 e. The van der Waals surface area contributed by atoms with E-state index in [1.165, 1.54) is 25.0 Å². The van der Waals surface area contributed by atoms with E-state index in [4.69, 9.17) is 0 Å². The van der Waals surface area contributed by atoms with Gasteiger partial charge in [-0.3, -0.25) is 9.69 Å². The molecule has 2 atom stereocenters. The van der Waals surface area contributed by atoms with Crippen LogP contribution >= 0.6 is 11.3 Å². The second-order valence-electron chi connectivity index (χ2n) is 8.50. The summed E-state index contributed by atoms with van der Waals surface area (Å²) in [5.74, 6) is -0.781. The van der Waals surface area contributed by atoms with Gasteiger partial charge in [-0.1, -0.05) is 13.0 Å². The van der Waals surface area contributed by atoms with Crippen LogP contribution < -0.4 is 0 Å². The lowest BCUT2D eigenvalue weighted by Gasteiger charge is -2.31. The van der Waals surface area contributed by atoms with Crippen molar-refractivity contribution in [3.05, 3.63) is 41.7 Å². The molecular weight excluding hydrogens is 435 g/mol. The molecule has 0 bridgehead atoms. The molecule has 168 valence electrons. The molecule has 2 saturated heterocycles. The first-order valence-electron chi connectivity index (χ1n) is 11.0. The van der Waals surface area contributed by atoms with Crippen molar-refractivity contribution in [2.24, 2.45) is 0 Å². The lowest BCUT2D eigenvalue weighted by Crippen LogP contribution is -2.44. The summed E-state index contributed by atoms with van der Waals surface area (Å²) in [6.45, 7) is 6.42. The molecule has 0 aliphatic carbocycles. The maximum Gasteiger partial charge on any atom is 0.257 e. The summed E-state index contributed by atoms with van der Waals surface area (Å²) in [4.78, 5) is 18.1. The van der Waals surface area contributed by atoms with Crippen molar-refractivity contribution in [2.45, 2.75) is 55.8 Å². The van der Waals surface area contributed by atoms with Crippen molar-refractivity contribution in [3.63, 3.8) is 0 Å². The summed E-state index contributed by atoms with van der Waals surface area (Å²) < 4.78 is 39.4. The molecule has 0 saturated carbocycles. The minimum atomic E-state index is -3.29. The number of halogens is 1. The number of hydrogen-bond donors (Lipinski definition) is 0. The molecule has 0 radical (unpaired) electrons. The molecule has 4 rings (SSSR count). The fraction of sp³-hybridized carbons (Fsp3) is 0.522. The predicted molar refractivity (Wildman–Crippen MR) is 122 cm³/mol. The summed E-state index contributed by atoms with van der Waals surface area (Å²) >= 11 is 1.13. The SMILES string of the molecule is CCS(=O)(=O)c1ccc(-c2ccc(C(=O)N3CCC[C@H]3CN3CCC[C@H]3C)c(F)c2)s1. The van der Waals surface area contributed by atoms with Gasteiger partial charge < -0.3 is 4.90 Å². The quantitative estimate of drug-likeness (QED) is 0.634. The third kappa shape index (κ3) is 4.56. The van der Waals surface area contributed by atoms with Crippen LogP contribution in [0.3, 0.4) is 0 Å². The number of carbonyl (C=O) groups is 1. The van der Waals surface area contributed by atoms with Gasteiger partial charge >= 0.3 is 0 Å². The average molecular weight is 465 g/mol. The molecule has 2 aromatic rings. The summed E-state index contributed by atoms with van der Waals surface area (Å²) in [5.41, 5.74) is 0.670. The van der Waals surface area contributed by atoms with Crippen LogP contribution in [0, 0.1) is 5.82 Å². The molecule has 3 heterocycles. The van der Waals surface area contributed by atoms with Gasteiger partial charge in [-0.2, -0.15) is 0 Å². The van der Waals surface area contributed by atoms with Crippen molar-refractivity contribution < 1.29 is 17.6 Å². The predicted octanol–water partition coefficient (Wildman–Crippen LogP) is 4.44. The fourth-order valence-electron chi connectivity index (χ4n) is 4.61. The van der Waals surface area contributed by atoms with Crippen LogP contribution in [0.25, 0.3) is 10.4 Å². The number of benzene rings is 1. The highest BCUT2D eigenvalue weighted by Gasteiger charge is 2.34. The first-order chi connectivity index (χ1) is 14.8. The number of rotatable bonds is 6. The first-order valence-corrected chi connectivity index (χ1v) is 13.4. The molecule has 31 heavy (non-hydrogen) atoms. The van der Waals surface area contributed by atoms with Crippen LogP contribution in [0.4, 0.5) is 4.39 Å². The Hall–Kier alpha value is -1.77. The first kappa shape index (κ1) is 22.4. The standard InChI is InChI=1S/C23H29FN2O3S2/c1-3-31(28,29)22-11-10-21(30-22)17-8-9-19(20(24)14-17)23(27)26-13-5-7-18(26)15-25-12-4-6-16(25)2/h8-11,14,16,18H,3-7,12-13,15H2,1-2H3/t16-,18+/m1/s1. The molecule has 5 nitrogen and oxygen atoms in total. The van der Waals surface area contributed by atoms with E-state index in [0.717, 1.165) is 37.3 Å². The zero-order valence-electron chi connectivity index (χ0n) is 18.0. The van der Waals surface area contributed by atoms with E-state index in [9.17, 15) is 17.6 Å². The third-order valence-electron chi connectivity index (χ3n) is 6.53. The molecule has 2 aliphatic heterocycles. The van der Waals surface area contributed by atoms with Crippen molar-refractivity contribution in [2.75, 3.05) is 25.4 Å². The Balaban J connectivity index is 1.52. The third-order valence-corrected chi connectivity index (χ3v) is 9.98. The minimum absolute atomic E-state index is 0.0297. The van der Waals surface area contributed by atoms with Gasteiger partial charge in [0.25, 0.3) is 5.91 Å². The van der Waals surface area contributed by atoms with E-state index in [-0.39, 0.29) is 27.5 Å². The Morgan fingerprint density at radius 1 is 1.16 bits per heavy atom. The van der Waals surface area contributed by atoms with E-state index in [1.807, 2.05) is 4.90 Å². The zero-order valence-corrected chi connectivity index (χ0v) is 19.6. The van der Waals surface area contributed by atoms with Crippen LogP contribution in [-0.4, -0.2) is 61.6 Å². The Morgan fingerprint density at radius 2 is 1.94 bits per heavy atom. The van der Waals surface area contributed by atoms with Crippen molar-refractivity contribution in [3.8, 4) is 10.4 Å². The molecule has 0 spiro atoms. The lowest BCUT2D eigenvalue weighted by atomic mass is 10.1. The maximum atomic E-state index is 15.0. The molecular formula is C23H29FN2O3S2. The molecule has 0 N–H and O–H groups in total. The van der Waals surface area contributed by atoms with Crippen molar-refractivity contribution >= 4 is 27.1 Å². The van der Waals surface area contributed by atoms with Gasteiger partial charge in [-0.05, 0) is 69.0 Å². The van der Waals surface area contributed by atoms with Crippen LogP contribution in [0.5, 0.6) is 0 Å². The number of hydrogen-bond acceptors (Lipinski definition) is 5. The van der Waals surface area contributed by atoms with Crippen molar-refractivity contribution in [1.29, 1.82) is 0 Å². The van der Waals surface area contributed by atoms with Gasteiger partial charge in [0.15, 0.2) is 9.84 Å². The maximum absolute atomic E-state index is 15.0. The molecule has 2 fully saturated rings. The number of likely N-dealkylation sites (tertiary alicyclic amines) is 2. The summed E-state index contributed by atoms with van der Waals surface area (Å²) in [6, 6.07) is 8.51.